The van der Waals surface area contributed by atoms with Gasteiger partial charge in [0.15, 0.2) is 0 Å². The first-order valence-corrected chi connectivity index (χ1v) is 7.10. The smallest absolute Gasteiger partial charge is 0.415 e. The van der Waals surface area contributed by atoms with Crippen LogP contribution in [0, 0.1) is 0 Å². The summed E-state index contributed by atoms with van der Waals surface area (Å²) in [5.41, 5.74) is 2.21. The average molecular weight is 320 g/mol. The Morgan fingerprint density at radius 1 is 1.30 bits per heavy atom. The highest BCUT2D eigenvalue weighted by Gasteiger charge is 2.38. The predicted molar refractivity (Wildman–Crippen MR) is 79.5 cm³/mol. The monoisotopic (exact) mass is 320 g/mol. The highest BCUT2D eigenvalue weighted by Crippen LogP contribution is 2.30. The second-order valence-corrected chi connectivity index (χ2v) is 5.24. The summed E-state index contributed by atoms with van der Waals surface area (Å²) in [7, 11) is 2.87. The second kappa shape index (κ2) is 5.79. The van der Waals surface area contributed by atoms with Crippen LogP contribution < -0.4 is 9.80 Å². The van der Waals surface area contributed by atoms with Crippen LogP contribution in [0.5, 0.6) is 0 Å². The molecule has 2 aliphatic rings. The van der Waals surface area contributed by atoms with E-state index in [4.69, 9.17) is 9.47 Å². The van der Waals surface area contributed by atoms with Crippen LogP contribution in [0.2, 0.25) is 0 Å². The van der Waals surface area contributed by atoms with Crippen molar-refractivity contribution in [2.75, 3.05) is 37.1 Å². The molecule has 0 bridgehead atoms. The van der Waals surface area contributed by atoms with Crippen molar-refractivity contribution < 1.29 is 28.6 Å². The Balaban J connectivity index is 1.88. The minimum Gasteiger partial charge on any atom is -0.466 e. The van der Waals surface area contributed by atoms with Crippen LogP contribution in [0.4, 0.5) is 21.0 Å². The quantitative estimate of drug-likeness (QED) is 0.603. The largest absolute Gasteiger partial charge is 0.466 e. The van der Waals surface area contributed by atoms with Gasteiger partial charge in [0.25, 0.3) is 0 Å². The van der Waals surface area contributed by atoms with Gasteiger partial charge in [-0.25, -0.2) is 14.4 Å². The summed E-state index contributed by atoms with van der Waals surface area (Å²) >= 11 is 0. The van der Waals surface area contributed by atoms with E-state index in [0.717, 1.165) is 11.3 Å². The van der Waals surface area contributed by atoms with Gasteiger partial charge in [-0.1, -0.05) is 0 Å². The number of hydrogen-bond acceptors (Lipinski definition) is 6. The van der Waals surface area contributed by atoms with Gasteiger partial charge in [-0.3, -0.25) is 9.80 Å². The summed E-state index contributed by atoms with van der Waals surface area (Å²) in [5.74, 6) is -0.589. The Morgan fingerprint density at radius 3 is 2.83 bits per heavy atom. The van der Waals surface area contributed by atoms with E-state index in [2.05, 4.69) is 4.74 Å². The van der Waals surface area contributed by atoms with E-state index in [1.165, 1.54) is 16.9 Å². The number of nitrogens with zero attached hydrogens (tertiary/aromatic N) is 2. The van der Waals surface area contributed by atoms with Crippen LogP contribution in [0.25, 0.3) is 0 Å². The minimum atomic E-state index is -0.932. The zero-order valence-corrected chi connectivity index (χ0v) is 12.8. The van der Waals surface area contributed by atoms with E-state index in [-0.39, 0.29) is 13.2 Å². The molecule has 0 aromatic heterocycles. The Hall–Kier alpha value is -2.77. The maximum atomic E-state index is 12.0. The number of esters is 1. The van der Waals surface area contributed by atoms with Crippen molar-refractivity contribution in [3.05, 3.63) is 23.8 Å². The maximum absolute atomic E-state index is 12.0. The van der Waals surface area contributed by atoms with Gasteiger partial charge < -0.3 is 14.2 Å². The van der Waals surface area contributed by atoms with Crippen LogP contribution in [0.1, 0.15) is 5.56 Å². The van der Waals surface area contributed by atoms with Crippen molar-refractivity contribution in [3.8, 4) is 0 Å². The molecule has 1 saturated heterocycles. The molecule has 8 nitrogen and oxygen atoms in total. The molecule has 122 valence electrons. The first kappa shape index (κ1) is 15.1. The van der Waals surface area contributed by atoms with E-state index in [0.29, 0.717) is 12.1 Å². The highest BCUT2D eigenvalue weighted by atomic mass is 16.6. The van der Waals surface area contributed by atoms with E-state index < -0.39 is 24.3 Å². The van der Waals surface area contributed by atoms with Crippen molar-refractivity contribution in [2.45, 2.75) is 12.5 Å². The van der Waals surface area contributed by atoms with Crippen molar-refractivity contribution in [1.82, 2.24) is 0 Å². The molecule has 1 aromatic carbocycles. The molecule has 23 heavy (non-hydrogen) atoms. The van der Waals surface area contributed by atoms with Crippen molar-refractivity contribution in [2.24, 2.45) is 0 Å². The van der Waals surface area contributed by atoms with E-state index >= 15 is 0 Å². The first-order valence-electron chi connectivity index (χ1n) is 7.10. The van der Waals surface area contributed by atoms with Crippen LogP contribution >= 0.6 is 0 Å². The van der Waals surface area contributed by atoms with Crippen LogP contribution in [0.3, 0.4) is 0 Å². The number of anilines is 2. The molecule has 3 rings (SSSR count). The van der Waals surface area contributed by atoms with Gasteiger partial charge in [0.05, 0.1) is 25.9 Å². The van der Waals surface area contributed by atoms with E-state index in [9.17, 15) is 14.4 Å². The molecule has 0 spiro atoms. The molecule has 2 heterocycles. The highest BCUT2D eigenvalue weighted by molar-refractivity contribution is 5.95. The number of fused-ring (bicyclic) bond motifs is 1. The molecule has 1 aromatic rings. The SMILES string of the molecule is COC(=O)[C@H]1CN(c2ccc3c(c2)CCOC(=O)N3C)C(=O)O1. The lowest BCUT2D eigenvalue weighted by Crippen LogP contribution is -2.29. The third-order valence-corrected chi connectivity index (χ3v) is 3.88. The number of ether oxygens (including phenoxy) is 3. The van der Waals surface area contributed by atoms with Crippen molar-refractivity contribution in [1.29, 1.82) is 0 Å². The van der Waals surface area contributed by atoms with E-state index in [1.54, 1.807) is 25.2 Å². The molecule has 0 unspecified atom stereocenters. The van der Waals surface area contributed by atoms with Crippen molar-refractivity contribution >= 4 is 29.5 Å². The fraction of sp³-hybridized carbons (Fsp3) is 0.400. The van der Waals surface area contributed by atoms with Gasteiger partial charge in [-0.15, -0.1) is 0 Å². The number of hydrogen-bond donors (Lipinski definition) is 0. The Labute approximate surface area is 132 Å². The molecule has 1 fully saturated rings. The molecular weight excluding hydrogens is 304 g/mol. The summed E-state index contributed by atoms with van der Waals surface area (Å²) in [6, 6.07) is 5.25. The minimum absolute atomic E-state index is 0.0928. The summed E-state index contributed by atoms with van der Waals surface area (Å²) in [4.78, 5) is 38.0. The average Bonchev–Trinajstić information content (AvgIpc) is 2.88. The Morgan fingerprint density at radius 2 is 2.09 bits per heavy atom. The zero-order valence-electron chi connectivity index (χ0n) is 12.8. The lowest BCUT2D eigenvalue weighted by molar-refractivity contribution is -0.148. The van der Waals surface area contributed by atoms with Gasteiger partial charge in [-0.05, 0) is 23.8 Å². The number of benzene rings is 1. The number of cyclic esters (lactones) is 2. The number of amides is 2. The molecule has 2 aliphatic heterocycles. The summed E-state index contributed by atoms with van der Waals surface area (Å²) in [6.07, 6.45) is -1.40. The second-order valence-electron chi connectivity index (χ2n) is 5.24. The van der Waals surface area contributed by atoms with E-state index in [1.807, 2.05) is 0 Å². The van der Waals surface area contributed by atoms with Gasteiger partial charge >= 0.3 is 18.2 Å². The third-order valence-electron chi connectivity index (χ3n) is 3.88. The third kappa shape index (κ3) is 2.67. The molecule has 2 amide bonds. The fourth-order valence-electron chi connectivity index (χ4n) is 2.64. The van der Waals surface area contributed by atoms with Gasteiger partial charge in [-0.2, -0.15) is 0 Å². The van der Waals surface area contributed by atoms with Crippen LogP contribution in [0.15, 0.2) is 18.2 Å². The molecule has 0 aliphatic carbocycles. The standard InChI is InChI=1S/C15H16N2O6/c1-16-11-4-3-10(7-9(11)5-6-22-14(16)19)17-8-12(13(18)21-2)23-15(17)20/h3-4,7,12H,5-6,8H2,1-2H3/t12-/m1/s1. The number of carbonyl (C=O) groups is 3. The van der Waals surface area contributed by atoms with Gasteiger partial charge in [0.2, 0.25) is 6.10 Å². The lowest BCUT2D eigenvalue weighted by Gasteiger charge is -2.19. The summed E-state index contributed by atoms with van der Waals surface area (Å²) in [6.45, 7) is 0.365. The summed E-state index contributed by atoms with van der Waals surface area (Å²) in [5, 5.41) is 0. The number of carbonyl (C=O) groups excluding carboxylic acids is 3. The first-order chi connectivity index (χ1) is 11.0. The Bertz CT molecular complexity index is 674. The lowest BCUT2D eigenvalue weighted by atomic mass is 10.1. The molecule has 1 atom stereocenters. The molecule has 0 saturated carbocycles. The zero-order chi connectivity index (χ0) is 16.6. The predicted octanol–water partition coefficient (Wildman–Crippen LogP) is 1.31. The molecule has 0 radical (unpaired) electrons. The fourth-order valence-corrected chi connectivity index (χ4v) is 2.64. The number of rotatable bonds is 2. The molecule has 0 N–H and O–H groups in total. The van der Waals surface area contributed by atoms with Crippen LogP contribution in [-0.2, 0) is 25.4 Å². The maximum Gasteiger partial charge on any atom is 0.415 e. The molecular formula is C15H16N2O6. The van der Waals surface area contributed by atoms with Gasteiger partial charge in [0.1, 0.15) is 0 Å². The van der Waals surface area contributed by atoms with Crippen LogP contribution in [-0.4, -0.2) is 51.6 Å². The number of methoxy groups -OCH3 is 1. The topological polar surface area (TPSA) is 85.4 Å². The Kier molecular flexibility index (Phi) is 3.81. The normalized spacial score (nSPS) is 20.5. The molecule has 8 heteroatoms. The van der Waals surface area contributed by atoms with Gasteiger partial charge in [0, 0.05) is 19.2 Å². The van der Waals surface area contributed by atoms with Crippen molar-refractivity contribution in [3.63, 3.8) is 0 Å². The summed E-state index contributed by atoms with van der Waals surface area (Å²) < 4.78 is 14.7.